The molecule has 8 nitrogen and oxygen atoms in total. The Balaban J connectivity index is 1.72. The minimum absolute atomic E-state index is 0.0733. The Morgan fingerprint density at radius 2 is 1.82 bits per heavy atom. The maximum absolute atomic E-state index is 14.5. The van der Waals surface area contributed by atoms with Gasteiger partial charge in [-0.25, -0.2) is 18.7 Å². The molecule has 2 amide bonds. The molecular formula is C23H23ClF2N6O2. The Labute approximate surface area is 200 Å². The van der Waals surface area contributed by atoms with Gasteiger partial charge in [0.1, 0.15) is 23.8 Å². The Morgan fingerprint density at radius 1 is 1.06 bits per heavy atom. The minimum atomic E-state index is -0.711. The van der Waals surface area contributed by atoms with E-state index in [2.05, 4.69) is 25.9 Å². The van der Waals surface area contributed by atoms with Crippen molar-refractivity contribution in [2.45, 2.75) is 6.42 Å². The quantitative estimate of drug-likeness (QED) is 0.312. The fourth-order valence-corrected chi connectivity index (χ4v) is 3.16. The Morgan fingerprint density at radius 3 is 2.56 bits per heavy atom. The van der Waals surface area contributed by atoms with Crippen molar-refractivity contribution in [2.75, 3.05) is 37.8 Å². The van der Waals surface area contributed by atoms with Crippen LogP contribution >= 0.6 is 11.6 Å². The van der Waals surface area contributed by atoms with Gasteiger partial charge in [0.2, 0.25) is 11.8 Å². The third-order valence-corrected chi connectivity index (χ3v) is 4.92. The van der Waals surface area contributed by atoms with Crippen molar-refractivity contribution in [3.8, 4) is 0 Å². The van der Waals surface area contributed by atoms with Crippen LogP contribution in [0.15, 0.2) is 48.8 Å². The first-order valence-electron chi connectivity index (χ1n) is 10.3. The maximum Gasteiger partial charge on any atom is 0.248 e. The van der Waals surface area contributed by atoms with Crippen LogP contribution in [0, 0.1) is 11.6 Å². The van der Waals surface area contributed by atoms with E-state index in [1.807, 2.05) is 19.0 Å². The highest BCUT2D eigenvalue weighted by molar-refractivity contribution is 6.31. The molecule has 0 atom stereocenters. The molecule has 0 aliphatic heterocycles. The number of carbonyl (C=O) groups excluding carboxylic acids is 2. The number of hydrogen-bond donors (Lipinski definition) is 3. The predicted molar refractivity (Wildman–Crippen MR) is 128 cm³/mol. The van der Waals surface area contributed by atoms with Gasteiger partial charge in [0, 0.05) is 35.8 Å². The second-order valence-electron chi connectivity index (χ2n) is 7.60. The van der Waals surface area contributed by atoms with Crippen LogP contribution in [0.2, 0.25) is 5.02 Å². The first-order chi connectivity index (χ1) is 16.2. The summed E-state index contributed by atoms with van der Waals surface area (Å²) in [6, 6.07) is 6.57. The Bertz CT molecular complexity index is 1240. The van der Waals surface area contributed by atoms with Crippen LogP contribution in [0.5, 0.6) is 0 Å². The Hall–Kier alpha value is -3.63. The van der Waals surface area contributed by atoms with Crippen molar-refractivity contribution in [1.82, 2.24) is 20.2 Å². The number of nitrogens with one attached hydrogen (secondary N) is 3. The monoisotopic (exact) mass is 488 g/mol. The second kappa shape index (κ2) is 11.5. The van der Waals surface area contributed by atoms with E-state index in [4.69, 9.17) is 11.6 Å². The van der Waals surface area contributed by atoms with Gasteiger partial charge >= 0.3 is 0 Å². The molecule has 0 saturated heterocycles. The van der Waals surface area contributed by atoms with E-state index in [0.717, 1.165) is 31.2 Å². The number of aromatic nitrogens is 2. The molecule has 34 heavy (non-hydrogen) atoms. The van der Waals surface area contributed by atoms with Crippen molar-refractivity contribution in [1.29, 1.82) is 0 Å². The standard InChI is InChI=1S/C23H23ClF2N6O2/c1-32(2)9-3-8-27-21(33)6-7-22(34)31-20-11-15-19(12-18(20)26)28-13-29-23(15)30-14-4-5-17(25)16(24)10-14/h4-7,10-13H,3,8-9H2,1-2H3,(H,27,33)(H,31,34)(H,28,29,30)/b7-6+. The number of halogens is 3. The summed E-state index contributed by atoms with van der Waals surface area (Å²) >= 11 is 5.82. The number of carbonyl (C=O) groups is 2. The average Bonchev–Trinajstić information content (AvgIpc) is 2.78. The van der Waals surface area contributed by atoms with E-state index < -0.39 is 23.4 Å². The molecule has 0 unspecified atom stereocenters. The first-order valence-corrected chi connectivity index (χ1v) is 10.7. The third-order valence-electron chi connectivity index (χ3n) is 4.63. The van der Waals surface area contributed by atoms with Crippen LogP contribution in [-0.2, 0) is 9.59 Å². The van der Waals surface area contributed by atoms with Crippen molar-refractivity contribution >= 4 is 51.5 Å². The normalized spacial score (nSPS) is 11.2. The van der Waals surface area contributed by atoms with Gasteiger partial charge in [-0.15, -0.1) is 0 Å². The molecule has 0 fully saturated rings. The van der Waals surface area contributed by atoms with Crippen LogP contribution in [0.3, 0.4) is 0 Å². The van der Waals surface area contributed by atoms with Gasteiger partial charge in [-0.05, 0) is 51.3 Å². The van der Waals surface area contributed by atoms with Crippen molar-refractivity contribution in [2.24, 2.45) is 0 Å². The van der Waals surface area contributed by atoms with Gasteiger partial charge in [0.25, 0.3) is 0 Å². The van der Waals surface area contributed by atoms with Crippen LogP contribution in [0.4, 0.5) is 26.0 Å². The molecule has 0 saturated carbocycles. The lowest BCUT2D eigenvalue weighted by molar-refractivity contribution is -0.117. The molecule has 1 heterocycles. The number of hydrogen-bond acceptors (Lipinski definition) is 6. The van der Waals surface area contributed by atoms with Crippen molar-refractivity contribution in [3.05, 3.63) is 65.5 Å². The molecule has 0 bridgehead atoms. The zero-order valence-corrected chi connectivity index (χ0v) is 19.3. The molecule has 0 spiro atoms. The summed E-state index contributed by atoms with van der Waals surface area (Å²) in [5.41, 5.74) is 0.623. The molecule has 2 aromatic carbocycles. The molecule has 11 heteroatoms. The van der Waals surface area contributed by atoms with Crippen LogP contribution in [-0.4, -0.2) is 53.9 Å². The average molecular weight is 489 g/mol. The van der Waals surface area contributed by atoms with E-state index in [9.17, 15) is 18.4 Å². The van der Waals surface area contributed by atoms with E-state index in [0.29, 0.717) is 23.4 Å². The summed E-state index contributed by atoms with van der Waals surface area (Å²) in [7, 11) is 3.86. The first kappa shape index (κ1) is 25.0. The molecule has 0 aliphatic carbocycles. The van der Waals surface area contributed by atoms with Crippen molar-refractivity contribution < 1.29 is 18.4 Å². The van der Waals surface area contributed by atoms with E-state index in [-0.39, 0.29) is 16.2 Å². The number of anilines is 3. The molecule has 3 N–H and O–H groups in total. The summed E-state index contributed by atoms with van der Waals surface area (Å²) in [4.78, 5) is 34.2. The third kappa shape index (κ3) is 6.93. The zero-order chi connectivity index (χ0) is 24.7. The molecule has 178 valence electrons. The Kier molecular flexibility index (Phi) is 8.44. The van der Waals surface area contributed by atoms with Gasteiger partial charge in [-0.1, -0.05) is 11.6 Å². The van der Waals surface area contributed by atoms with Crippen LogP contribution in [0.25, 0.3) is 10.9 Å². The summed E-state index contributed by atoms with van der Waals surface area (Å²) in [6.45, 7) is 1.29. The minimum Gasteiger partial charge on any atom is -0.353 e. The number of benzene rings is 2. The van der Waals surface area contributed by atoms with Gasteiger partial charge in [0.15, 0.2) is 0 Å². The SMILES string of the molecule is CN(C)CCCNC(=O)/C=C/C(=O)Nc1cc2c(Nc3ccc(F)c(Cl)c3)ncnc2cc1F. The number of nitrogens with zero attached hydrogens (tertiary/aromatic N) is 3. The lowest BCUT2D eigenvalue weighted by atomic mass is 10.2. The van der Waals surface area contributed by atoms with E-state index >= 15 is 0 Å². The highest BCUT2D eigenvalue weighted by Crippen LogP contribution is 2.29. The zero-order valence-electron chi connectivity index (χ0n) is 18.5. The molecule has 3 aromatic rings. The number of amides is 2. The smallest absolute Gasteiger partial charge is 0.248 e. The largest absolute Gasteiger partial charge is 0.353 e. The lowest BCUT2D eigenvalue weighted by Crippen LogP contribution is -2.25. The van der Waals surface area contributed by atoms with Gasteiger partial charge in [0.05, 0.1) is 16.2 Å². The fourth-order valence-electron chi connectivity index (χ4n) is 2.98. The maximum atomic E-state index is 14.5. The highest BCUT2D eigenvalue weighted by atomic mass is 35.5. The van der Waals surface area contributed by atoms with Gasteiger partial charge in [-0.2, -0.15) is 0 Å². The summed E-state index contributed by atoms with van der Waals surface area (Å²) in [6.07, 6.45) is 4.11. The van der Waals surface area contributed by atoms with Crippen LogP contribution < -0.4 is 16.0 Å². The lowest BCUT2D eigenvalue weighted by Gasteiger charge is -2.11. The summed E-state index contributed by atoms with van der Waals surface area (Å²) in [5.74, 6) is -2.08. The molecule has 0 aliphatic rings. The topological polar surface area (TPSA) is 99.2 Å². The summed E-state index contributed by atoms with van der Waals surface area (Å²) < 4.78 is 28.0. The van der Waals surface area contributed by atoms with Gasteiger partial charge < -0.3 is 20.9 Å². The highest BCUT2D eigenvalue weighted by Gasteiger charge is 2.12. The molecule has 1 aromatic heterocycles. The van der Waals surface area contributed by atoms with E-state index in [1.165, 1.54) is 30.6 Å². The molecular weight excluding hydrogens is 466 g/mol. The molecule has 3 rings (SSSR count). The van der Waals surface area contributed by atoms with E-state index in [1.54, 1.807) is 0 Å². The predicted octanol–water partition coefficient (Wildman–Crippen LogP) is 3.87. The second-order valence-corrected chi connectivity index (χ2v) is 8.00. The van der Waals surface area contributed by atoms with Crippen molar-refractivity contribution in [3.63, 3.8) is 0 Å². The molecule has 0 radical (unpaired) electrons. The van der Waals surface area contributed by atoms with Crippen LogP contribution in [0.1, 0.15) is 6.42 Å². The number of fused-ring (bicyclic) bond motifs is 1. The fraction of sp³-hybridized carbons (Fsp3) is 0.217. The van der Waals surface area contributed by atoms with Gasteiger partial charge in [-0.3, -0.25) is 9.59 Å². The number of rotatable bonds is 9. The summed E-state index contributed by atoms with van der Waals surface area (Å²) in [5, 5.41) is 8.38.